The second kappa shape index (κ2) is 7.26. The van der Waals surface area contributed by atoms with E-state index < -0.39 is 0 Å². The molecule has 0 aliphatic rings. The second-order valence-electron chi connectivity index (χ2n) is 4.69. The van der Waals surface area contributed by atoms with Crippen molar-refractivity contribution in [2.45, 2.75) is 36.5 Å². The predicted molar refractivity (Wildman–Crippen MR) is 81.1 cm³/mol. The van der Waals surface area contributed by atoms with Crippen molar-refractivity contribution in [2.75, 3.05) is 7.11 Å². The Morgan fingerprint density at radius 3 is 2.35 bits per heavy atom. The smallest absolute Gasteiger partial charge is 0.192 e. The summed E-state index contributed by atoms with van der Waals surface area (Å²) >= 11 is 1.54. The van der Waals surface area contributed by atoms with Crippen molar-refractivity contribution in [2.24, 2.45) is 0 Å². The largest absolute Gasteiger partial charge is 0.497 e. The number of nitrogens with one attached hydrogen (secondary N) is 1. The fourth-order valence-corrected chi connectivity index (χ4v) is 2.25. The van der Waals surface area contributed by atoms with Crippen LogP contribution in [0.4, 0.5) is 0 Å². The van der Waals surface area contributed by atoms with E-state index in [1.165, 1.54) is 0 Å². The van der Waals surface area contributed by atoms with E-state index >= 15 is 0 Å². The van der Waals surface area contributed by atoms with E-state index in [2.05, 4.69) is 29.1 Å². The molecule has 2 aromatic rings. The summed E-state index contributed by atoms with van der Waals surface area (Å²) in [6, 6.07) is 8.33. The molecule has 1 N–H and O–H groups in total. The fourth-order valence-electron chi connectivity index (χ4n) is 1.56. The maximum absolute atomic E-state index is 5.13. The van der Waals surface area contributed by atoms with Gasteiger partial charge in [0.15, 0.2) is 5.16 Å². The molecule has 5 heteroatoms. The van der Waals surface area contributed by atoms with E-state index in [1.807, 2.05) is 36.7 Å². The highest BCUT2D eigenvalue weighted by atomic mass is 32.2. The third-order valence-corrected chi connectivity index (χ3v) is 3.57. The summed E-state index contributed by atoms with van der Waals surface area (Å²) in [5.41, 5.74) is 1.10. The van der Waals surface area contributed by atoms with Gasteiger partial charge in [-0.1, -0.05) is 13.8 Å². The molecule has 0 fully saturated rings. The second-order valence-corrected chi connectivity index (χ2v) is 5.73. The minimum absolute atomic E-state index is 0.461. The van der Waals surface area contributed by atoms with Crippen LogP contribution in [-0.4, -0.2) is 23.1 Å². The van der Waals surface area contributed by atoms with E-state index in [-0.39, 0.29) is 0 Å². The molecule has 0 spiro atoms. The first kappa shape index (κ1) is 14.8. The number of hydrogen-bond donors (Lipinski definition) is 1. The van der Waals surface area contributed by atoms with Gasteiger partial charge in [0.05, 0.1) is 7.11 Å². The summed E-state index contributed by atoms with van der Waals surface area (Å²) in [6.45, 7) is 5.04. The Hall–Kier alpha value is -1.59. The van der Waals surface area contributed by atoms with Gasteiger partial charge in [-0.25, -0.2) is 9.97 Å². The van der Waals surface area contributed by atoms with Crippen molar-refractivity contribution < 1.29 is 4.74 Å². The van der Waals surface area contributed by atoms with Crippen molar-refractivity contribution in [1.29, 1.82) is 0 Å². The van der Waals surface area contributed by atoms with Gasteiger partial charge in [0.2, 0.25) is 0 Å². The predicted octanol–water partition coefficient (Wildman–Crippen LogP) is 3.13. The molecule has 4 nitrogen and oxygen atoms in total. The first-order chi connectivity index (χ1) is 9.67. The summed E-state index contributed by atoms with van der Waals surface area (Å²) in [5.74, 6) is 0.852. The average molecular weight is 289 g/mol. The molecule has 0 amide bonds. The first-order valence-electron chi connectivity index (χ1n) is 6.53. The first-order valence-corrected chi connectivity index (χ1v) is 7.35. The van der Waals surface area contributed by atoms with Crippen molar-refractivity contribution in [3.05, 3.63) is 42.2 Å². The maximum Gasteiger partial charge on any atom is 0.192 e. The van der Waals surface area contributed by atoms with Gasteiger partial charge in [-0.15, -0.1) is 0 Å². The quantitative estimate of drug-likeness (QED) is 0.828. The molecule has 0 bridgehead atoms. The minimum atomic E-state index is 0.461. The van der Waals surface area contributed by atoms with E-state index in [1.54, 1.807) is 18.9 Å². The van der Waals surface area contributed by atoms with Gasteiger partial charge in [0, 0.05) is 35.4 Å². The van der Waals surface area contributed by atoms with E-state index in [4.69, 9.17) is 4.74 Å². The number of nitrogens with zero attached hydrogens (tertiary/aromatic N) is 2. The van der Waals surface area contributed by atoms with Crippen LogP contribution < -0.4 is 10.1 Å². The number of hydrogen-bond acceptors (Lipinski definition) is 5. The highest BCUT2D eigenvalue weighted by molar-refractivity contribution is 7.99. The van der Waals surface area contributed by atoms with E-state index in [0.717, 1.165) is 27.9 Å². The van der Waals surface area contributed by atoms with Gasteiger partial charge in [-0.3, -0.25) is 0 Å². The van der Waals surface area contributed by atoms with Crippen molar-refractivity contribution >= 4 is 11.8 Å². The molecule has 106 valence electrons. The SMILES string of the molecule is COc1ccc(Sc2ncc(CNC(C)C)cn2)cc1. The molecule has 2 rings (SSSR count). The van der Waals surface area contributed by atoms with E-state index in [0.29, 0.717) is 6.04 Å². The van der Waals surface area contributed by atoms with Crippen LogP contribution in [0.15, 0.2) is 46.7 Å². The number of benzene rings is 1. The Kier molecular flexibility index (Phi) is 5.38. The molecule has 0 saturated heterocycles. The summed E-state index contributed by atoms with van der Waals surface area (Å²) in [5, 5.41) is 4.10. The lowest BCUT2D eigenvalue weighted by atomic mass is 10.3. The fraction of sp³-hybridized carbons (Fsp3) is 0.333. The Labute approximate surface area is 124 Å². The Balaban J connectivity index is 1.95. The lowest BCUT2D eigenvalue weighted by Crippen LogP contribution is -2.21. The molecule has 20 heavy (non-hydrogen) atoms. The summed E-state index contributed by atoms with van der Waals surface area (Å²) in [6.07, 6.45) is 3.74. The maximum atomic E-state index is 5.13. The van der Waals surface area contributed by atoms with Crippen molar-refractivity contribution in [1.82, 2.24) is 15.3 Å². The Bertz CT molecular complexity index is 526. The molecule has 0 atom stereocenters. The standard InChI is InChI=1S/C15H19N3OS/c1-11(2)16-8-12-9-17-15(18-10-12)20-14-6-4-13(19-3)5-7-14/h4-7,9-11,16H,8H2,1-3H3. The van der Waals surface area contributed by atoms with Gasteiger partial charge in [-0.05, 0) is 36.0 Å². The summed E-state index contributed by atoms with van der Waals surface area (Å²) < 4.78 is 5.13. The molecule has 0 aliphatic heterocycles. The van der Waals surface area contributed by atoms with Crippen LogP contribution in [0, 0.1) is 0 Å². The molecule has 0 unspecified atom stereocenters. The van der Waals surface area contributed by atoms with Gasteiger partial charge in [-0.2, -0.15) is 0 Å². The molecule has 1 aromatic heterocycles. The van der Waals surface area contributed by atoms with Crippen LogP contribution in [0.1, 0.15) is 19.4 Å². The highest BCUT2D eigenvalue weighted by Crippen LogP contribution is 2.25. The summed E-state index contributed by atoms with van der Waals surface area (Å²) in [7, 11) is 1.66. The Morgan fingerprint density at radius 1 is 1.15 bits per heavy atom. The topological polar surface area (TPSA) is 47.0 Å². The Morgan fingerprint density at radius 2 is 1.80 bits per heavy atom. The van der Waals surface area contributed by atoms with Gasteiger partial charge in [0.25, 0.3) is 0 Å². The zero-order valence-corrected chi connectivity index (χ0v) is 12.8. The lowest BCUT2D eigenvalue weighted by molar-refractivity contribution is 0.414. The van der Waals surface area contributed by atoms with Gasteiger partial charge < -0.3 is 10.1 Å². The van der Waals surface area contributed by atoms with Crippen LogP contribution in [0.3, 0.4) is 0 Å². The highest BCUT2D eigenvalue weighted by Gasteiger charge is 2.02. The third-order valence-electron chi connectivity index (χ3n) is 2.66. The molecule has 0 aliphatic carbocycles. The monoisotopic (exact) mass is 289 g/mol. The third kappa shape index (κ3) is 4.51. The molecule has 1 heterocycles. The average Bonchev–Trinajstić information content (AvgIpc) is 2.47. The molecule has 0 radical (unpaired) electrons. The van der Waals surface area contributed by atoms with Crippen molar-refractivity contribution in [3.63, 3.8) is 0 Å². The normalized spacial score (nSPS) is 10.8. The minimum Gasteiger partial charge on any atom is -0.497 e. The zero-order chi connectivity index (χ0) is 14.4. The zero-order valence-electron chi connectivity index (χ0n) is 12.0. The lowest BCUT2D eigenvalue weighted by Gasteiger charge is -2.07. The number of rotatable bonds is 6. The molecular weight excluding hydrogens is 270 g/mol. The number of ether oxygens (including phenoxy) is 1. The van der Waals surface area contributed by atoms with Crippen LogP contribution in [0.5, 0.6) is 5.75 Å². The van der Waals surface area contributed by atoms with Crippen LogP contribution in [-0.2, 0) is 6.54 Å². The van der Waals surface area contributed by atoms with E-state index in [9.17, 15) is 0 Å². The molecule has 0 saturated carbocycles. The van der Waals surface area contributed by atoms with Crippen LogP contribution in [0.25, 0.3) is 0 Å². The van der Waals surface area contributed by atoms with Gasteiger partial charge in [0.1, 0.15) is 5.75 Å². The van der Waals surface area contributed by atoms with Crippen molar-refractivity contribution in [3.8, 4) is 5.75 Å². The number of aromatic nitrogens is 2. The number of methoxy groups -OCH3 is 1. The van der Waals surface area contributed by atoms with Crippen LogP contribution >= 0.6 is 11.8 Å². The summed E-state index contributed by atoms with van der Waals surface area (Å²) in [4.78, 5) is 9.85. The van der Waals surface area contributed by atoms with Crippen LogP contribution in [0.2, 0.25) is 0 Å². The molecule has 1 aromatic carbocycles. The van der Waals surface area contributed by atoms with Gasteiger partial charge >= 0.3 is 0 Å². The molecular formula is C15H19N3OS.